The minimum Gasteiger partial charge on any atom is -0.394 e. The molecule has 1 fully saturated rings. The fraction of sp³-hybridized carbons (Fsp3) is 0.815. The molecule has 2 aromatic heterocycles. The number of aliphatic hydroxyl groups is 1. The molecule has 0 radical (unpaired) electrons. The van der Waals surface area contributed by atoms with Crippen molar-refractivity contribution in [3.8, 4) is 0 Å². The lowest BCUT2D eigenvalue weighted by molar-refractivity contribution is -0.0583. The Morgan fingerprint density at radius 3 is 2.12 bits per heavy atom. The number of imidazole rings is 1. The third-order valence-corrected chi connectivity index (χ3v) is 8.07. The van der Waals surface area contributed by atoms with Gasteiger partial charge in [0.25, 0.3) is 0 Å². The molecule has 1 aliphatic rings. The molecule has 5 N–H and O–H groups in total. The molecule has 13 nitrogen and oxygen atoms in total. The van der Waals surface area contributed by atoms with Crippen molar-refractivity contribution in [1.29, 1.82) is 0 Å². The Balaban J connectivity index is 1.82. The summed E-state index contributed by atoms with van der Waals surface area (Å²) in [6.07, 6.45) is 11.6. The van der Waals surface area contributed by atoms with Crippen LogP contribution in [0, 0.1) is 0 Å². The van der Waals surface area contributed by atoms with Gasteiger partial charge in [0.15, 0.2) is 17.7 Å². The normalized spacial score (nSPS) is 21.2. The number of aromatic nitrogens is 4. The molecule has 4 atom stereocenters. The van der Waals surface area contributed by atoms with Crippen LogP contribution in [0.4, 0.5) is 11.8 Å². The number of aliphatic hydroxyl groups excluding tert-OH is 1. The monoisotopic (exact) mass is 600 g/mol. The maximum absolute atomic E-state index is 11.6. The molecule has 0 unspecified atom stereocenters. The number of phosphoric acid groups is 1. The van der Waals surface area contributed by atoms with E-state index >= 15 is 0 Å². The van der Waals surface area contributed by atoms with Crippen LogP contribution < -0.4 is 10.6 Å². The Morgan fingerprint density at radius 2 is 1.56 bits per heavy atom. The van der Waals surface area contributed by atoms with Crippen molar-refractivity contribution in [3.05, 3.63) is 6.33 Å². The smallest absolute Gasteiger partial charge is 0.394 e. The van der Waals surface area contributed by atoms with Gasteiger partial charge < -0.3 is 35.0 Å². The topological polar surface area (TPSA) is 178 Å². The standard InChI is InChI=1S/C27H49N6O7P/c1-4-6-8-10-11-12-13-15-17-32(16-14-9-7-5-2)27-30-24(28)21-25(31-27)33(19-29-21)26-23(38-3)22(20(18-34)39-26)40-41(35,36)37/h19-20,22-23,26,34H,4-18H2,1-3H3,(H2,28,30,31)(H2,35,36,37)/t20-,22-,23-,26-/m1/s1. The Morgan fingerprint density at radius 1 is 0.976 bits per heavy atom. The summed E-state index contributed by atoms with van der Waals surface area (Å²) in [6, 6.07) is 0. The van der Waals surface area contributed by atoms with Crippen molar-refractivity contribution >= 4 is 30.8 Å². The number of hydrogen-bond donors (Lipinski definition) is 4. The highest BCUT2D eigenvalue weighted by atomic mass is 31.2. The van der Waals surface area contributed by atoms with E-state index in [2.05, 4.69) is 28.7 Å². The van der Waals surface area contributed by atoms with Crippen molar-refractivity contribution in [2.75, 3.05) is 37.4 Å². The van der Waals surface area contributed by atoms with E-state index in [9.17, 15) is 19.5 Å². The summed E-state index contributed by atoms with van der Waals surface area (Å²) in [5, 5.41) is 9.84. The molecule has 234 valence electrons. The van der Waals surface area contributed by atoms with E-state index in [4.69, 9.17) is 24.7 Å². The van der Waals surface area contributed by atoms with Gasteiger partial charge in [-0.05, 0) is 12.8 Å². The molecule has 3 rings (SSSR count). The second-order valence-corrected chi connectivity index (χ2v) is 12.0. The fourth-order valence-corrected chi connectivity index (χ4v) is 5.92. The fourth-order valence-electron chi connectivity index (χ4n) is 5.35. The molecule has 1 saturated heterocycles. The summed E-state index contributed by atoms with van der Waals surface area (Å²) in [4.78, 5) is 34.9. The number of phosphoric ester groups is 1. The number of ether oxygens (including phenoxy) is 2. The lowest BCUT2D eigenvalue weighted by Gasteiger charge is -2.24. The van der Waals surface area contributed by atoms with Crippen molar-refractivity contribution in [2.24, 2.45) is 0 Å². The summed E-state index contributed by atoms with van der Waals surface area (Å²) in [6.45, 7) is 5.51. The quantitative estimate of drug-likeness (QED) is 0.125. The van der Waals surface area contributed by atoms with Crippen molar-refractivity contribution in [1.82, 2.24) is 19.5 Å². The zero-order valence-corrected chi connectivity index (χ0v) is 25.6. The number of nitrogens with zero attached hydrogens (tertiary/aromatic N) is 5. The average molecular weight is 601 g/mol. The summed E-state index contributed by atoms with van der Waals surface area (Å²) in [7, 11) is -3.50. The van der Waals surface area contributed by atoms with Crippen LogP contribution in [-0.2, 0) is 18.6 Å². The molecule has 41 heavy (non-hydrogen) atoms. The maximum Gasteiger partial charge on any atom is 0.470 e. The predicted molar refractivity (Wildman–Crippen MR) is 157 cm³/mol. The third-order valence-electron chi connectivity index (χ3n) is 7.55. The third kappa shape index (κ3) is 9.57. The first-order valence-electron chi connectivity index (χ1n) is 15.0. The zero-order valence-electron chi connectivity index (χ0n) is 24.7. The van der Waals surface area contributed by atoms with Gasteiger partial charge in [0.2, 0.25) is 5.95 Å². The maximum atomic E-state index is 11.6. The second kappa shape index (κ2) is 16.7. The first kappa shape index (κ1) is 33.6. The number of anilines is 2. The van der Waals surface area contributed by atoms with Gasteiger partial charge >= 0.3 is 7.82 Å². The Hall–Kier alpha value is -1.86. The van der Waals surface area contributed by atoms with E-state index in [0.717, 1.165) is 45.2 Å². The van der Waals surface area contributed by atoms with E-state index in [1.807, 2.05) is 0 Å². The SMILES string of the molecule is CCCCCCCCCCN(CCCCCC)c1nc(N)c2ncn([C@@H]3O[C@H](CO)[C@@H](OP(=O)(O)O)[C@H]3OC)c2n1. The van der Waals surface area contributed by atoms with E-state index in [-0.39, 0.29) is 5.82 Å². The van der Waals surface area contributed by atoms with Crippen LogP contribution in [0.2, 0.25) is 0 Å². The van der Waals surface area contributed by atoms with E-state index in [1.54, 1.807) is 4.57 Å². The van der Waals surface area contributed by atoms with E-state index in [1.165, 1.54) is 58.4 Å². The van der Waals surface area contributed by atoms with Crippen LogP contribution in [0.1, 0.15) is 97.1 Å². The van der Waals surface area contributed by atoms with E-state index < -0.39 is 39.0 Å². The molecule has 2 aromatic rings. The molecule has 0 amide bonds. The molecule has 0 bridgehead atoms. The number of hydrogen-bond acceptors (Lipinski definition) is 10. The van der Waals surface area contributed by atoms with Crippen LogP contribution in [0.3, 0.4) is 0 Å². The summed E-state index contributed by atoms with van der Waals surface area (Å²) >= 11 is 0. The molecule has 0 aromatic carbocycles. The van der Waals surface area contributed by atoms with Crippen LogP contribution >= 0.6 is 7.82 Å². The number of rotatable bonds is 20. The number of nitrogen functional groups attached to an aromatic ring is 1. The Kier molecular flexibility index (Phi) is 13.7. The van der Waals surface area contributed by atoms with Gasteiger partial charge in [-0.1, -0.05) is 78.1 Å². The molecule has 14 heteroatoms. The minimum atomic E-state index is -4.88. The molecule has 3 heterocycles. The molecule has 0 aliphatic carbocycles. The minimum absolute atomic E-state index is 0.229. The predicted octanol–water partition coefficient (Wildman–Crippen LogP) is 4.32. The van der Waals surface area contributed by atoms with Gasteiger partial charge in [-0.2, -0.15) is 9.97 Å². The van der Waals surface area contributed by atoms with Gasteiger partial charge in [0.1, 0.15) is 23.8 Å². The average Bonchev–Trinajstić information content (AvgIpc) is 3.51. The van der Waals surface area contributed by atoms with Gasteiger partial charge in [0, 0.05) is 20.2 Å². The van der Waals surface area contributed by atoms with Gasteiger partial charge in [-0.25, -0.2) is 9.55 Å². The number of fused-ring (bicyclic) bond motifs is 1. The molecular weight excluding hydrogens is 551 g/mol. The van der Waals surface area contributed by atoms with Crippen molar-refractivity contribution < 1.29 is 33.5 Å². The summed E-state index contributed by atoms with van der Waals surface area (Å²) in [5.74, 6) is 0.733. The highest BCUT2D eigenvalue weighted by Gasteiger charge is 2.49. The van der Waals surface area contributed by atoms with Crippen LogP contribution in [0.25, 0.3) is 11.2 Å². The van der Waals surface area contributed by atoms with Gasteiger partial charge in [-0.3, -0.25) is 9.09 Å². The van der Waals surface area contributed by atoms with Gasteiger partial charge in [0.05, 0.1) is 12.9 Å². The summed E-state index contributed by atoms with van der Waals surface area (Å²) in [5.41, 5.74) is 7.14. The van der Waals surface area contributed by atoms with Crippen LogP contribution in [0.5, 0.6) is 0 Å². The number of unbranched alkanes of at least 4 members (excludes halogenated alkanes) is 10. The Bertz CT molecular complexity index is 1100. The zero-order chi connectivity index (χ0) is 29.8. The second-order valence-electron chi connectivity index (χ2n) is 10.8. The lowest BCUT2D eigenvalue weighted by atomic mass is 10.1. The summed E-state index contributed by atoms with van der Waals surface area (Å²) < 4.78 is 29.6. The molecule has 0 saturated carbocycles. The van der Waals surface area contributed by atoms with Gasteiger partial charge in [-0.15, -0.1) is 0 Å². The van der Waals surface area contributed by atoms with Crippen LogP contribution in [-0.4, -0.2) is 79.5 Å². The lowest BCUT2D eigenvalue weighted by Crippen LogP contribution is -2.36. The highest BCUT2D eigenvalue weighted by Crippen LogP contribution is 2.45. The molecule has 1 aliphatic heterocycles. The largest absolute Gasteiger partial charge is 0.470 e. The number of methoxy groups -OCH3 is 1. The van der Waals surface area contributed by atoms with Crippen molar-refractivity contribution in [3.63, 3.8) is 0 Å². The van der Waals surface area contributed by atoms with E-state index in [0.29, 0.717) is 17.1 Å². The van der Waals surface area contributed by atoms with Crippen molar-refractivity contribution in [2.45, 2.75) is 115 Å². The highest BCUT2D eigenvalue weighted by molar-refractivity contribution is 7.46. The first-order valence-corrected chi connectivity index (χ1v) is 16.5. The molecule has 0 spiro atoms. The Labute approximate surface area is 243 Å². The number of nitrogens with two attached hydrogens (primary N) is 1. The molecular formula is C27H49N6O7P. The van der Waals surface area contributed by atoms with Crippen LogP contribution in [0.15, 0.2) is 6.33 Å². The first-order chi connectivity index (χ1) is 19.7.